The maximum atomic E-state index is 12.8. The molecule has 3 aliphatic heterocycles. The lowest BCUT2D eigenvalue weighted by molar-refractivity contribution is -0.140. The van der Waals surface area contributed by atoms with Crippen molar-refractivity contribution in [2.75, 3.05) is 13.1 Å². The number of amides is 1. The Morgan fingerprint density at radius 1 is 1.35 bits per heavy atom. The van der Waals surface area contributed by atoms with Gasteiger partial charge < -0.3 is 15.0 Å². The number of ether oxygens (including phenoxy) is 1. The molecule has 3 heterocycles. The summed E-state index contributed by atoms with van der Waals surface area (Å²) in [5, 5.41) is 3.40. The topological polar surface area (TPSA) is 41.6 Å². The molecule has 2 fully saturated rings. The average molecular weight is 272 g/mol. The Hall–Kier alpha value is -1.55. The Labute approximate surface area is 119 Å². The predicted molar refractivity (Wildman–Crippen MR) is 75.6 cm³/mol. The summed E-state index contributed by atoms with van der Waals surface area (Å²) in [6, 6.07) is 8.67. The molecule has 4 rings (SSSR count). The standard InChI is InChI=1S/C16H20N2O2/c1-10-6-12-8-17-9-13(12)18(10)16(19)15-7-11-4-2-3-5-14(11)20-15/h2-5,10,12-13,15,17H,6-9H2,1H3. The van der Waals surface area contributed by atoms with Crippen molar-refractivity contribution in [3.8, 4) is 5.75 Å². The number of hydrogen-bond donors (Lipinski definition) is 1. The Morgan fingerprint density at radius 3 is 3.05 bits per heavy atom. The van der Waals surface area contributed by atoms with Crippen LogP contribution < -0.4 is 10.1 Å². The minimum atomic E-state index is -0.325. The van der Waals surface area contributed by atoms with Crippen LogP contribution in [0.5, 0.6) is 5.75 Å². The molecule has 1 N–H and O–H groups in total. The van der Waals surface area contributed by atoms with Gasteiger partial charge in [0.15, 0.2) is 6.10 Å². The summed E-state index contributed by atoms with van der Waals surface area (Å²) >= 11 is 0. The molecule has 0 aliphatic carbocycles. The van der Waals surface area contributed by atoms with E-state index in [-0.39, 0.29) is 12.0 Å². The first-order valence-electron chi connectivity index (χ1n) is 7.51. The maximum Gasteiger partial charge on any atom is 0.264 e. The Bertz CT molecular complexity index is 520. The van der Waals surface area contributed by atoms with Gasteiger partial charge in [-0.25, -0.2) is 0 Å². The van der Waals surface area contributed by atoms with Crippen LogP contribution in [0.3, 0.4) is 0 Å². The second-order valence-electron chi connectivity index (χ2n) is 6.23. The Kier molecular flexibility index (Phi) is 2.74. The Balaban J connectivity index is 1.54. The fourth-order valence-electron chi connectivity index (χ4n) is 4.03. The summed E-state index contributed by atoms with van der Waals surface area (Å²) in [6.07, 6.45) is 1.50. The largest absolute Gasteiger partial charge is 0.480 e. The number of para-hydroxylation sites is 1. The highest BCUT2D eigenvalue weighted by Gasteiger charge is 2.46. The van der Waals surface area contributed by atoms with Crippen molar-refractivity contribution in [3.63, 3.8) is 0 Å². The molecule has 3 aliphatic rings. The van der Waals surface area contributed by atoms with Crippen LogP contribution in [0.1, 0.15) is 18.9 Å². The van der Waals surface area contributed by atoms with E-state index in [2.05, 4.69) is 23.2 Å². The summed E-state index contributed by atoms with van der Waals surface area (Å²) in [5.74, 6) is 1.67. The van der Waals surface area contributed by atoms with Crippen molar-refractivity contribution in [2.24, 2.45) is 5.92 Å². The first-order chi connectivity index (χ1) is 9.74. The third-order valence-corrected chi connectivity index (χ3v) is 4.96. The molecule has 106 valence electrons. The highest BCUT2D eigenvalue weighted by molar-refractivity contribution is 5.83. The van der Waals surface area contributed by atoms with E-state index in [1.165, 1.54) is 0 Å². The van der Waals surface area contributed by atoms with Gasteiger partial charge in [-0.05, 0) is 30.9 Å². The van der Waals surface area contributed by atoms with Gasteiger partial charge in [-0.15, -0.1) is 0 Å². The number of nitrogens with one attached hydrogen (secondary N) is 1. The van der Waals surface area contributed by atoms with Crippen LogP contribution in [0.25, 0.3) is 0 Å². The molecule has 1 aromatic carbocycles. The monoisotopic (exact) mass is 272 g/mol. The van der Waals surface area contributed by atoms with Crippen molar-refractivity contribution < 1.29 is 9.53 Å². The molecule has 4 heteroatoms. The van der Waals surface area contributed by atoms with Crippen molar-refractivity contribution in [1.82, 2.24) is 10.2 Å². The first kappa shape index (κ1) is 12.2. The van der Waals surface area contributed by atoms with Gasteiger partial charge in [0.25, 0.3) is 5.91 Å². The molecule has 0 radical (unpaired) electrons. The minimum absolute atomic E-state index is 0.171. The summed E-state index contributed by atoms with van der Waals surface area (Å²) in [7, 11) is 0. The van der Waals surface area contributed by atoms with Crippen LogP contribution in [0.15, 0.2) is 24.3 Å². The number of carbonyl (C=O) groups excluding carboxylic acids is 1. The van der Waals surface area contributed by atoms with Crippen molar-refractivity contribution in [2.45, 2.75) is 38.0 Å². The lowest BCUT2D eigenvalue weighted by atomic mass is 10.0. The number of nitrogens with zero attached hydrogens (tertiary/aromatic N) is 1. The number of likely N-dealkylation sites (tertiary alicyclic amines) is 1. The van der Waals surface area contributed by atoms with Crippen LogP contribution in [-0.2, 0) is 11.2 Å². The summed E-state index contributed by atoms with van der Waals surface area (Å²) < 4.78 is 5.87. The zero-order chi connectivity index (χ0) is 13.7. The summed E-state index contributed by atoms with van der Waals surface area (Å²) in [5.41, 5.74) is 1.15. The lowest BCUT2D eigenvalue weighted by Crippen LogP contribution is -2.48. The van der Waals surface area contributed by atoms with Crippen molar-refractivity contribution in [3.05, 3.63) is 29.8 Å². The fourth-order valence-corrected chi connectivity index (χ4v) is 4.03. The quantitative estimate of drug-likeness (QED) is 0.835. The average Bonchev–Trinajstić information content (AvgIpc) is 3.10. The van der Waals surface area contributed by atoms with Gasteiger partial charge in [0.05, 0.1) is 0 Å². The van der Waals surface area contributed by atoms with Crippen LogP contribution in [0.2, 0.25) is 0 Å². The van der Waals surface area contributed by atoms with Gasteiger partial charge in [-0.1, -0.05) is 18.2 Å². The van der Waals surface area contributed by atoms with E-state index in [0.717, 1.165) is 30.8 Å². The molecule has 0 bridgehead atoms. The number of hydrogen-bond acceptors (Lipinski definition) is 3. The van der Waals surface area contributed by atoms with Gasteiger partial charge in [-0.3, -0.25) is 4.79 Å². The summed E-state index contributed by atoms with van der Waals surface area (Å²) in [4.78, 5) is 14.9. The molecule has 0 spiro atoms. The zero-order valence-electron chi connectivity index (χ0n) is 11.7. The number of fused-ring (bicyclic) bond motifs is 2. The minimum Gasteiger partial charge on any atom is -0.480 e. The van der Waals surface area contributed by atoms with Gasteiger partial charge in [-0.2, -0.15) is 0 Å². The molecular weight excluding hydrogens is 252 g/mol. The molecule has 1 aromatic rings. The van der Waals surface area contributed by atoms with Crippen LogP contribution in [0, 0.1) is 5.92 Å². The molecule has 0 saturated carbocycles. The van der Waals surface area contributed by atoms with Gasteiger partial charge in [0.2, 0.25) is 0 Å². The molecule has 20 heavy (non-hydrogen) atoms. The highest BCUT2D eigenvalue weighted by atomic mass is 16.5. The highest BCUT2D eigenvalue weighted by Crippen LogP contribution is 2.35. The Morgan fingerprint density at radius 2 is 2.20 bits per heavy atom. The van der Waals surface area contributed by atoms with Gasteiger partial charge in [0, 0.05) is 31.6 Å². The number of carbonyl (C=O) groups is 1. The second kappa shape index (κ2) is 4.48. The van der Waals surface area contributed by atoms with E-state index >= 15 is 0 Å². The van der Waals surface area contributed by atoms with Crippen LogP contribution in [0.4, 0.5) is 0 Å². The van der Waals surface area contributed by atoms with Crippen molar-refractivity contribution in [1.29, 1.82) is 0 Å². The smallest absolute Gasteiger partial charge is 0.264 e. The SMILES string of the molecule is CC1CC2CNCC2N1C(=O)C1Cc2ccccc2O1. The van der Waals surface area contributed by atoms with E-state index in [1.807, 2.05) is 18.2 Å². The first-order valence-corrected chi connectivity index (χ1v) is 7.51. The molecule has 4 unspecified atom stereocenters. The third kappa shape index (κ3) is 1.74. The van der Waals surface area contributed by atoms with Crippen LogP contribution in [-0.4, -0.2) is 42.1 Å². The van der Waals surface area contributed by atoms with E-state index in [0.29, 0.717) is 24.4 Å². The number of benzene rings is 1. The van der Waals surface area contributed by atoms with Crippen LogP contribution >= 0.6 is 0 Å². The molecule has 4 atom stereocenters. The van der Waals surface area contributed by atoms with E-state index in [4.69, 9.17) is 4.74 Å². The lowest BCUT2D eigenvalue weighted by Gasteiger charge is -2.29. The molecule has 0 aromatic heterocycles. The third-order valence-electron chi connectivity index (χ3n) is 4.96. The van der Waals surface area contributed by atoms with E-state index < -0.39 is 0 Å². The molecule has 1 amide bonds. The fraction of sp³-hybridized carbons (Fsp3) is 0.562. The predicted octanol–water partition coefficient (Wildman–Crippen LogP) is 1.20. The second-order valence-corrected chi connectivity index (χ2v) is 6.23. The molecule has 2 saturated heterocycles. The van der Waals surface area contributed by atoms with Crippen molar-refractivity contribution >= 4 is 5.91 Å². The van der Waals surface area contributed by atoms with E-state index in [9.17, 15) is 4.79 Å². The van der Waals surface area contributed by atoms with Gasteiger partial charge in [0.1, 0.15) is 5.75 Å². The molecule has 4 nitrogen and oxygen atoms in total. The van der Waals surface area contributed by atoms with Gasteiger partial charge >= 0.3 is 0 Å². The normalized spacial score (nSPS) is 34.8. The zero-order valence-corrected chi connectivity index (χ0v) is 11.7. The molecular formula is C16H20N2O2. The van der Waals surface area contributed by atoms with E-state index in [1.54, 1.807) is 0 Å². The maximum absolute atomic E-state index is 12.8. The summed E-state index contributed by atoms with van der Waals surface area (Å²) in [6.45, 7) is 4.14. The number of rotatable bonds is 1.